The molecule has 4 heteroatoms. The second-order valence-electron chi connectivity index (χ2n) is 4.59. The van der Waals surface area contributed by atoms with Crippen LogP contribution in [0.4, 0.5) is 14.5 Å². The summed E-state index contributed by atoms with van der Waals surface area (Å²) in [6, 6.07) is 16.4. The van der Waals surface area contributed by atoms with E-state index in [0.717, 1.165) is 0 Å². The fourth-order valence-electron chi connectivity index (χ4n) is 1.98. The summed E-state index contributed by atoms with van der Waals surface area (Å²) >= 11 is 0. The summed E-state index contributed by atoms with van der Waals surface area (Å²) in [6.45, 7) is -0.439. The molecular weight excluding hydrogens is 258 g/mol. The van der Waals surface area contributed by atoms with Crippen molar-refractivity contribution in [3.05, 3.63) is 65.7 Å². The van der Waals surface area contributed by atoms with E-state index in [0.29, 0.717) is 11.3 Å². The molecule has 0 atom stereocenters. The second-order valence-corrected chi connectivity index (χ2v) is 4.59. The van der Waals surface area contributed by atoms with Crippen LogP contribution in [0.2, 0.25) is 0 Å². The maximum atomic E-state index is 14.2. The van der Waals surface area contributed by atoms with Crippen molar-refractivity contribution in [2.45, 2.75) is 5.92 Å². The molecule has 0 N–H and O–H groups in total. The number of nitrogens with zero attached hydrogens (tertiary/aromatic N) is 2. The molecule has 20 heavy (non-hydrogen) atoms. The van der Waals surface area contributed by atoms with E-state index >= 15 is 0 Å². The van der Waals surface area contributed by atoms with Crippen LogP contribution in [0.3, 0.4) is 0 Å². The summed E-state index contributed by atoms with van der Waals surface area (Å²) in [5.41, 5.74) is 1.04. The van der Waals surface area contributed by atoms with Gasteiger partial charge in [0.15, 0.2) is 0 Å². The van der Waals surface area contributed by atoms with Gasteiger partial charge in [0.25, 0.3) is 5.92 Å². The molecule has 0 radical (unpaired) electrons. The number of likely N-dealkylation sites (N-methyl/N-ethyl adjacent to an activating group) is 1. The van der Waals surface area contributed by atoms with E-state index in [4.69, 9.17) is 5.26 Å². The van der Waals surface area contributed by atoms with Gasteiger partial charge in [-0.25, -0.2) is 0 Å². The Hall–Kier alpha value is -2.41. The number of nitriles is 1. The fraction of sp³-hybridized carbons (Fsp3) is 0.188. The molecule has 0 amide bonds. The van der Waals surface area contributed by atoms with Crippen LogP contribution in [-0.2, 0) is 5.92 Å². The largest absolute Gasteiger partial charge is 0.368 e. The van der Waals surface area contributed by atoms with Gasteiger partial charge in [-0.05, 0) is 18.2 Å². The first-order chi connectivity index (χ1) is 9.53. The Balaban J connectivity index is 2.18. The van der Waals surface area contributed by atoms with Crippen LogP contribution in [0, 0.1) is 11.3 Å². The van der Waals surface area contributed by atoms with Crippen LogP contribution in [0.15, 0.2) is 54.6 Å². The van der Waals surface area contributed by atoms with E-state index in [-0.39, 0.29) is 5.56 Å². The Kier molecular flexibility index (Phi) is 3.99. The van der Waals surface area contributed by atoms with Gasteiger partial charge >= 0.3 is 0 Å². The van der Waals surface area contributed by atoms with Crippen LogP contribution in [0.5, 0.6) is 0 Å². The third kappa shape index (κ3) is 3.12. The van der Waals surface area contributed by atoms with Crippen molar-refractivity contribution in [1.82, 2.24) is 0 Å². The zero-order valence-electron chi connectivity index (χ0n) is 11.1. The lowest BCUT2D eigenvalue weighted by Crippen LogP contribution is -2.32. The molecule has 0 aliphatic rings. The molecule has 0 heterocycles. The van der Waals surface area contributed by atoms with E-state index in [1.807, 2.05) is 6.07 Å². The van der Waals surface area contributed by atoms with Gasteiger partial charge in [0.05, 0.1) is 18.2 Å². The van der Waals surface area contributed by atoms with Crippen LogP contribution < -0.4 is 4.90 Å². The molecule has 0 saturated carbocycles. The second kappa shape index (κ2) is 5.70. The summed E-state index contributed by atoms with van der Waals surface area (Å²) < 4.78 is 28.3. The number of anilines is 1. The van der Waals surface area contributed by atoms with Crippen molar-refractivity contribution in [2.75, 3.05) is 18.5 Å². The number of halogens is 2. The first kappa shape index (κ1) is 14.0. The van der Waals surface area contributed by atoms with Gasteiger partial charge in [0.2, 0.25) is 0 Å². The predicted molar refractivity (Wildman–Crippen MR) is 74.8 cm³/mol. The minimum Gasteiger partial charge on any atom is -0.368 e. The predicted octanol–water partition coefficient (Wildman–Crippen LogP) is 3.79. The van der Waals surface area contributed by atoms with E-state index in [1.54, 1.807) is 49.5 Å². The third-order valence-corrected chi connectivity index (χ3v) is 3.05. The number of hydrogen-bond acceptors (Lipinski definition) is 2. The molecule has 2 aromatic rings. The molecule has 102 valence electrons. The highest BCUT2D eigenvalue weighted by Crippen LogP contribution is 2.30. The smallest absolute Gasteiger partial charge is 0.290 e. The normalized spacial score (nSPS) is 10.9. The first-order valence-corrected chi connectivity index (χ1v) is 6.17. The molecule has 0 spiro atoms. The average Bonchev–Trinajstić information content (AvgIpc) is 2.48. The molecule has 0 aliphatic carbocycles. The van der Waals surface area contributed by atoms with Crippen molar-refractivity contribution in [3.8, 4) is 6.07 Å². The lowest BCUT2D eigenvalue weighted by molar-refractivity contribution is 0.00499. The molecule has 2 aromatic carbocycles. The van der Waals surface area contributed by atoms with E-state index < -0.39 is 12.5 Å². The van der Waals surface area contributed by atoms with E-state index in [2.05, 4.69) is 0 Å². The number of hydrogen-bond donors (Lipinski definition) is 0. The Morgan fingerprint density at radius 2 is 1.80 bits per heavy atom. The standard InChI is InChI=1S/C16H14F2N2/c1-20(15-9-5-6-13(10-15)11-19)12-16(17,18)14-7-3-2-4-8-14/h2-10H,12H2,1H3. The fourth-order valence-corrected chi connectivity index (χ4v) is 1.98. The monoisotopic (exact) mass is 272 g/mol. The maximum Gasteiger partial charge on any atom is 0.290 e. The SMILES string of the molecule is CN(CC(F)(F)c1ccccc1)c1cccc(C#N)c1. The molecular formula is C16H14F2N2. The quantitative estimate of drug-likeness (QED) is 0.846. The zero-order valence-corrected chi connectivity index (χ0v) is 11.1. The highest BCUT2D eigenvalue weighted by atomic mass is 19.3. The molecule has 0 unspecified atom stereocenters. The minimum atomic E-state index is -2.95. The van der Waals surface area contributed by atoms with Gasteiger partial charge in [-0.3, -0.25) is 0 Å². The zero-order chi connectivity index (χ0) is 14.6. The molecule has 0 aliphatic heterocycles. The molecule has 0 aromatic heterocycles. The van der Waals surface area contributed by atoms with Crippen molar-refractivity contribution in [3.63, 3.8) is 0 Å². The molecule has 0 fully saturated rings. The van der Waals surface area contributed by atoms with Gasteiger partial charge < -0.3 is 4.90 Å². The Morgan fingerprint density at radius 3 is 2.45 bits per heavy atom. The Morgan fingerprint density at radius 1 is 1.10 bits per heavy atom. The third-order valence-electron chi connectivity index (χ3n) is 3.05. The maximum absolute atomic E-state index is 14.2. The highest BCUT2D eigenvalue weighted by Gasteiger charge is 2.32. The lowest BCUT2D eigenvalue weighted by atomic mass is 10.1. The van der Waals surface area contributed by atoms with Crippen molar-refractivity contribution in [2.24, 2.45) is 0 Å². The summed E-state index contributed by atoms with van der Waals surface area (Å²) in [7, 11) is 1.59. The molecule has 2 nitrogen and oxygen atoms in total. The van der Waals surface area contributed by atoms with Crippen LogP contribution in [-0.4, -0.2) is 13.6 Å². The van der Waals surface area contributed by atoms with E-state index in [1.165, 1.54) is 17.0 Å². The van der Waals surface area contributed by atoms with Crippen molar-refractivity contribution < 1.29 is 8.78 Å². The first-order valence-electron chi connectivity index (χ1n) is 6.17. The highest BCUT2D eigenvalue weighted by molar-refractivity contribution is 5.51. The molecule has 0 bridgehead atoms. The summed E-state index contributed by atoms with van der Waals surface area (Å²) in [6.07, 6.45) is 0. The Bertz CT molecular complexity index is 618. The van der Waals surface area contributed by atoms with Gasteiger partial charge in [-0.1, -0.05) is 36.4 Å². The van der Waals surface area contributed by atoms with Gasteiger partial charge in [-0.2, -0.15) is 14.0 Å². The number of rotatable bonds is 4. The minimum absolute atomic E-state index is 0.0108. The summed E-state index contributed by atoms with van der Waals surface area (Å²) in [5, 5.41) is 8.84. The topological polar surface area (TPSA) is 27.0 Å². The van der Waals surface area contributed by atoms with Gasteiger partial charge in [0.1, 0.15) is 0 Å². The summed E-state index contributed by atoms with van der Waals surface area (Å²) in [5.74, 6) is -2.95. The van der Waals surface area contributed by atoms with Crippen LogP contribution >= 0.6 is 0 Å². The lowest BCUT2D eigenvalue weighted by Gasteiger charge is -2.26. The van der Waals surface area contributed by atoms with Gasteiger partial charge in [-0.15, -0.1) is 0 Å². The van der Waals surface area contributed by atoms with E-state index in [9.17, 15) is 8.78 Å². The molecule has 2 rings (SSSR count). The van der Waals surface area contributed by atoms with Gasteiger partial charge in [0, 0.05) is 18.3 Å². The van der Waals surface area contributed by atoms with Crippen molar-refractivity contribution in [1.29, 1.82) is 5.26 Å². The van der Waals surface area contributed by atoms with Crippen LogP contribution in [0.25, 0.3) is 0 Å². The van der Waals surface area contributed by atoms with Crippen LogP contribution in [0.1, 0.15) is 11.1 Å². The summed E-state index contributed by atoms with van der Waals surface area (Å²) in [4.78, 5) is 1.45. The average molecular weight is 272 g/mol. The Labute approximate surface area is 116 Å². The number of benzene rings is 2. The molecule has 0 saturated heterocycles. The number of alkyl halides is 2. The van der Waals surface area contributed by atoms with Crippen molar-refractivity contribution >= 4 is 5.69 Å².